The van der Waals surface area contributed by atoms with Gasteiger partial charge in [-0.2, -0.15) is 0 Å². The van der Waals surface area contributed by atoms with Crippen molar-refractivity contribution in [3.63, 3.8) is 0 Å². The molecule has 0 spiro atoms. The molecule has 0 radical (unpaired) electrons. The molecule has 1 aliphatic rings. The van der Waals surface area contributed by atoms with Gasteiger partial charge in [0.1, 0.15) is 5.82 Å². The molecule has 6 heteroatoms. The minimum atomic E-state index is -0.213. The first-order chi connectivity index (χ1) is 12.0. The summed E-state index contributed by atoms with van der Waals surface area (Å²) in [5.41, 5.74) is 2.30. The summed E-state index contributed by atoms with van der Waals surface area (Å²) in [4.78, 5) is 33.0. The number of amides is 2. The number of likely N-dealkylation sites (N-methyl/N-ethyl adjacent to an activating group) is 1. The minimum absolute atomic E-state index is 0.0674. The average molecular weight is 338 g/mol. The third kappa shape index (κ3) is 3.63. The van der Waals surface area contributed by atoms with Gasteiger partial charge in [0.25, 0.3) is 0 Å². The molecule has 2 aromatic rings. The summed E-state index contributed by atoms with van der Waals surface area (Å²) in [6, 6.07) is 12.9. The molecule has 1 aliphatic heterocycles. The Morgan fingerprint density at radius 2 is 2.04 bits per heavy atom. The SMILES string of the molecule is Cc1cccc(N(C)CC(=O)N2c3ccccc3NC(=O)CC2C)n1. The molecular formula is C19H22N4O2. The zero-order chi connectivity index (χ0) is 18.0. The molecule has 25 heavy (non-hydrogen) atoms. The maximum Gasteiger partial charge on any atom is 0.246 e. The fourth-order valence-electron chi connectivity index (χ4n) is 3.07. The number of benzene rings is 1. The first-order valence-corrected chi connectivity index (χ1v) is 8.31. The molecule has 1 atom stereocenters. The molecule has 0 bridgehead atoms. The Balaban J connectivity index is 1.86. The number of hydrogen-bond acceptors (Lipinski definition) is 4. The fraction of sp³-hybridized carbons (Fsp3) is 0.316. The van der Waals surface area contributed by atoms with Crippen molar-refractivity contribution < 1.29 is 9.59 Å². The third-order valence-electron chi connectivity index (χ3n) is 4.27. The van der Waals surface area contributed by atoms with Crippen molar-refractivity contribution in [2.75, 3.05) is 28.7 Å². The van der Waals surface area contributed by atoms with E-state index in [1.54, 1.807) is 4.90 Å². The number of nitrogens with zero attached hydrogens (tertiary/aromatic N) is 3. The van der Waals surface area contributed by atoms with E-state index in [2.05, 4.69) is 10.3 Å². The van der Waals surface area contributed by atoms with Crippen LogP contribution in [-0.2, 0) is 9.59 Å². The highest BCUT2D eigenvalue weighted by atomic mass is 16.2. The van der Waals surface area contributed by atoms with Crippen molar-refractivity contribution in [2.24, 2.45) is 0 Å². The van der Waals surface area contributed by atoms with Crippen LogP contribution in [0.1, 0.15) is 19.0 Å². The van der Waals surface area contributed by atoms with Crippen molar-refractivity contribution in [1.29, 1.82) is 0 Å². The van der Waals surface area contributed by atoms with Gasteiger partial charge in [0, 0.05) is 25.2 Å². The third-order valence-corrected chi connectivity index (χ3v) is 4.27. The van der Waals surface area contributed by atoms with Crippen LogP contribution in [0.5, 0.6) is 0 Å². The van der Waals surface area contributed by atoms with Gasteiger partial charge in [0.15, 0.2) is 0 Å². The Bertz CT molecular complexity index is 806. The predicted molar refractivity (Wildman–Crippen MR) is 98.9 cm³/mol. The number of nitrogens with one attached hydrogen (secondary N) is 1. The number of pyridine rings is 1. The van der Waals surface area contributed by atoms with Crippen LogP contribution < -0.4 is 15.1 Å². The lowest BCUT2D eigenvalue weighted by Crippen LogP contribution is -2.44. The second kappa shape index (κ2) is 6.93. The van der Waals surface area contributed by atoms with E-state index < -0.39 is 0 Å². The molecule has 1 N–H and O–H groups in total. The number of anilines is 3. The number of aromatic nitrogens is 1. The van der Waals surface area contributed by atoms with Gasteiger partial charge in [-0.25, -0.2) is 4.98 Å². The summed E-state index contributed by atoms with van der Waals surface area (Å²) in [6.07, 6.45) is 0.271. The van der Waals surface area contributed by atoms with Gasteiger partial charge in [-0.3, -0.25) is 9.59 Å². The molecule has 6 nitrogen and oxygen atoms in total. The maximum atomic E-state index is 13.0. The van der Waals surface area contributed by atoms with Gasteiger partial charge in [0.2, 0.25) is 11.8 Å². The number of carbonyl (C=O) groups excluding carboxylic acids is 2. The maximum absolute atomic E-state index is 13.0. The first-order valence-electron chi connectivity index (χ1n) is 8.31. The van der Waals surface area contributed by atoms with Crippen LogP contribution in [0.2, 0.25) is 0 Å². The Hall–Kier alpha value is -2.89. The quantitative estimate of drug-likeness (QED) is 0.934. The van der Waals surface area contributed by atoms with E-state index in [0.717, 1.165) is 17.2 Å². The number of carbonyl (C=O) groups is 2. The second-order valence-corrected chi connectivity index (χ2v) is 6.38. The van der Waals surface area contributed by atoms with E-state index in [4.69, 9.17) is 0 Å². The van der Waals surface area contributed by atoms with Crippen molar-refractivity contribution in [1.82, 2.24) is 4.98 Å². The Labute approximate surface area is 147 Å². The van der Waals surface area contributed by atoms with E-state index in [9.17, 15) is 9.59 Å². The van der Waals surface area contributed by atoms with Crippen LogP contribution in [0.15, 0.2) is 42.5 Å². The zero-order valence-corrected chi connectivity index (χ0v) is 14.7. The van der Waals surface area contributed by atoms with Crippen LogP contribution in [0, 0.1) is 6.92 Å². The topological polar surface area (TPSA) is 65.5 Å². The lowest BCUT2D eigenvalue weighted by molar-refractivity contribution is -0.118. The first kappa shape index (κ1) is 17.0. The van der Waals surface area contributed by atoms with Gasteiger partial charge >= 0.3 is 0 Å². The fourth-order valence-corrected chi connectivity index (χ4v) is 3.07. The molecule has 1 aromatic heterocycles. The van der Waals surface area contributed by atoms with Crippen LogP contribution in [-0.4, -0.2) is 36.4 Å². The molecule has 0 fully saturated rings. The largest absolute Gasteiger partial charge is 0.350 e. The zero-order valence-electron chi connectivity index (χ0n) is 14.7. The van der Waals surface area contributed by atoms with Gasteiger partial charge in [0.05, 0.1) is 17.9 Å². The van der Waals surface area contributed by atoms with Crippen LogP contribution >= 0.6 is 0 Å². The second-order valence-electron chi connectivity index (χ2n) is 6.38. The number of aryl methyl sites for hydroxylation is 1. The van der Waals surface area contributed by atoms with E-state index in [0.29, 0.717) is 5.69 Å². The molecule has 2 heterocycles. The van der Waals surface area contributed by atoms with Crippen molar-refractivity contribution in [3.8, 4) is 0 Å². The molecule has 0 saturated carbocycles. The summed E-state index contributed by atoms with van der Waals surface area (Å²) in [6.45, 7) is 4.00. The highest BCUT2D eigenvalue weighted by Crippen LogP contribution is 2.31. The van der Waals surface area contributed by atoms with Crippen LogP contribution in [0.3, 0.4) is 0 Å². The molecule has 0 aliphatic carbocycles. The van der Waals surface area contributed by atoms with E-state index in [1.807, 2.05) is 68.3 Å². The normalized spacial score (nSPS) is 16.7. The predicted octanol–water partition coefficient (Wildman–Crippen LogP) is 2.59. The molecule has 2 amide bonds. The molecule has 130 valence electrons. The highest BCUT2D eigenvalue weighted by Gasteiger charge is 2.30. The lowest BCUT2D eigenvalue weighted by Gasteiger charge is -2.30. The van der Waals surface area contributed by atoms with E-state index in [1.165, 1.54) is 0 Å². The van der Waals surface area contributed by atoms with Crippen LogP contribution in [0.25, 0.3) is 0 Å². The summed E-state index contributed by atoms with van der Waals surface area (Å²) < 4.78 is 0. The number of fused-ring (bicyclic) bond motifs is 1. The van der Waals surface area contributed by atoms with Gasteiger partial charge < -0.3 is 15.1 Å². The summed E-state index contributed by atoms with van der Waals surface area (Å²) in [7, 11) is 1.84. The van der Waals surface area contributed by atoms with Crippen LogP contribution in [0.4, 0.5) is 17.2 Å². The molecule has 0 saturated heterocycles. The molecule has 1 unspecified atom stereocenters. The smallest absolute Gasteiger partial charge is 0.246 e. The standard InChI is InChI=1S/C19H22N4O2/c1-13-7-6-10-17(20-13)22(3)12-19(25)23-14(2)11-18(24)21-15-8-4-5-9-16(15)23/h4-10,14H,11-12H2,1-3H3,(H,21,24). The molecular weight excluding hydrogens is 316 g/mol. The Morgan fingerprint density at radius 1 is 1.28 bits per heavy atom. The van der Waals surface area contributed by atoms with E-state index in [-0.39, 0.29) is 30.8 Å². The minimum Gasteiger partial charge on any atom is -0.350 e. The summed E-state index contributed by atoms with van der Waals surface area (Å²) in [5.74, 6) is 0.601. The van der Waals surface area contributed by atoms with Gasteiger partial charge in [-0.1, -0.05) is 18.2 Å². The molecule has 1 aromatic carbocycles. The number of hydrogen-bond donors (Lipinski definition) is 1. The monoisotopic (exact) mass is 338 g/mol. The Kier molecular flexibility index (Phi) is 4.70. The summed E-state index contributed by atoms with van der Waals surface area (Å²) in [5, 5.41) is 2.87. The number of para-hydroxylation sites is 2. The van der Waals surface area contributed by atoms with Crippen molar-refractivity contribution in [2.45, 2.75) is 26.3 Å². The number of rotatable bonds is 3. The highest BCUT2D eigenvalue weighted by molar-refractivity contribution is 6.05. The average Bonchev–Trinajstić information content (AvgIpc) is 2.68. The lowest BCUT2D eigenvalue weighted by atomic mass is 10.1. The van der Waals surface area contributed by atoms with Crippen molar-refractivity contribution in [3.05, 3.63) is 48.2 Å². The molecule has 3 rings (SSSR count). The van der Waals surface area contributed by atoms with Gasteiger partial charge in [-0.05, 0) is 38.1 Å². The summed E-state index contributed by atoms with van der Waals surface area (Å²) >= 11 is 0. The van der Waals surface area contributed by atoms with Crippen molar-refractivity contribution >= 4 is 29.0 Å². The Morgan fingerprint density at radius 3 is 2.80 bits per heavy atom. The van der Waals surface area contributed by atoms with Gasteiger partial charge in [-0.15, -0.1) is 0 Å². The van der Waals surface area contributed by atoms with E-state index >= 15 is 0 Å².